The highest BCUT2D eigenvalue weighted by Gasteiger charge is 2.60. The van der Waals surface area contributed by atoms with E-state index in [0.29, 0.717) is 26.2 Å². The number of ether oxygens (including phenoxy) is 2. The van der Waals surface area contributed by atoms with E-state index in [4.69, 9.17) is 21.1 Å². The Balaban J connectivity index is 1.65. The van der Waals surface area contributed by atoms with Crippen molar-refractivity contribution < 1.29 is 28.6 Å². The fourth-order valence-corrected chi connectivity index (χ4v) is 4.81. The first kappa shape index (κ1) is 24.0. The van der Waals surface area contributed by atoms with E-state index in [-0.39, 0.29) is 40.1 Å². The molecule has 1 saturated carbocycles. The van der Waals surface area contributed by atoms with E-state index in [2.05, 4.69) is 5.32 Å². The molecule has 2 N–H and O–H groups in total. The number of hydrogen-bond donors (Lipinski definition) is 2. The molecule has 34 heavy (non-hydrogen) atoms. The predicted octanol–water partition coefficient (Wildman–Crippen LogP) is 2.12. The third-order valence-electron chi connectivity index (χ3n) is 6.40. The lowest BCUT2D eigenvalue weighted by Gasteiger charge is -2.35. The number of amides is 2. The van der Waals surface area contributed by atoms with Crippen LogP contribution in [0.1, 0.15) is 39.8 Å². The van der Waals surface area contributed by atoms with Crippen molar-refractivity contribution in [3.63, 3.8) is 0 Å². The van der Waals surface area contributed by atoms with Gasteiger partial charge in [-0.3, -0.25) is 14.4 Å². The molecule has 1 aromatic carbocycles. The molecule has 0 saturated heterocycles. The molecular formula is C23H25ClFN3O6. The molecule has 2 aliphatic rings. The Morgan fingerprint density at radius 2 is 2.12 bits per heavy atom. The van der Waals surface area contributed by atoms with Crippen LogP contribution in [0.15, 0.2) is 23.1 Å². The maximum absolute atomic E-state index is 14.6. The number of halogens is 2. The summed E-state index contributed by atoms with van der Waals surface area (Å²) in [7, 11) is 3.16. The second kappa shape index (κ2) is 8.92. The maximum Gasteiger partial charge on any atom is 0.274 e. The topological polar surface area (TPSA) is 110 Å². The smallest absolute Gasteiger partial charge is 0.274 e. The average Bonchev–Trinajstić information content (AvgIpc) is 3.49. The maximum atomic E-state index is 14.6. The summed E-state index contributed by atoms with van der Waals surface area (Å²) in [6, 6.07) is 2.91. The van der Waals surface area contributed by atoms with E-state index in [1.165, 1.54) is 27.8 Å². The highest BCUT2D eigenvalue weighted by molar-refractivity contribution is 6.32. The number of nitrogens with one attached hydrogen (secondary N) is 1. The van der Waals surface area contributed by atoms with E-state index in [9.17, 15) is 23.9 Å². The first-order valence-electron chi connectivity index (χ1n) is 10.8. The van der Waals surface area contributed by atoms with Crippen LogP contribution >= 0.6 is 11.6 Å². The van der Waals surface area contributed by atoms with Crippen LogP contribution in [0.25, 0.3) is 0 Å². The zero-order valence-electron chi connectivity index (χ0n) is 19.0. The Labute approximate surface area is 200 Å². The standard InChI is InChI=1S/C23H25ClFN3O6/c1-4-34-15-6-5-12(17(25)16(15)24)8-26-21(31)14-9-28-18(20(30)19(14)29)22(32)27(2)11-23(28)7-13(23)10-33-3/h5-6,9,13,30H,4,7-8,10-11H2,1-3H3,(H,26,31)/t13-,23-/m0/s1. The molecule has 0 radical (unpaired) electrons. The first-order chi connectivity index (χ1) is 16.2. The molecule has 11 heteroatoms. The molecule has 2 aromatic rings. The van der Waals surface area contributed by atoms with Gasteiger partial charge in [-0.15, -0.1) is 0 Å². The molecule has 1 aliphatic heterocycles. The minimum Gasteiger partial charge on any atom is -0.503 e. The number of hydrogen-bond acceptors (Lipinski definition) is 6. The summed E-state index contributed by atoms with van der Waals surface area (Å²) >= 11 is 5.99. The molecule has 0 unspecified atom stereocenters. The van der Waals surface area contributed by atoms with Gasteiger partial charge in [-0.1, -0.05) is 17.7 Å². The van der Waals surface area contributed by atoms with Gasteiger partial charge in [0.15, 0.2) is 17.3 Å². The Kier molecular flexibility index (Phi) is 6.30. The molecule has 0 bridgehead atoms. The monoisotopic (exact) mass is 493 g/mol. The Morgan fingerprint density at radius 1 is 1.38 bits per heavy atom. The summed E-state index contributed by atoms with van der Waals surface area (Å²) < 4.78 is 26.6. The van der Waals surface area contributed by atoms with E-state index in [1.807, 2.05) is 0 Å². The normalized spacial score (nSPS) is 20.9. The van der Waals surface area contributed by atoms with Crippen LogP contribution in [-0.2, 0) is 16.8 Å². The predicted molar refractivity (Wildman–Crippen MR) is 121 cm³/mol. The van der Waals surface area contributed by atoms with Gasteiger partial charge >= 0.3 is 0 Å². The van der Waals surface area contributed by atoms with Gasteiger partial charge in [0.25, 0.3) is 11.8 Å². The van der Waals surface area contributed by atoms with E-state index in [0.717, 1.165) is 0 Å². The molecule has 1 fully saturated rings. The van der Waals surface area contributed by atoms with Crippen LogP contribution in [0.5, 0.6) is 11.5 Å². The molecule has 2 atom stereocenters. The van der Waals surface area contributed by atoms with Crippen LogP contribution in [0.4, 0.5) is 4.39 Å². The van der Waals surface area contributed by atoms with Crippen molar-refractivity contribution in [2.45, 2.75) is 25.4 Å². The van der Waals surface area contributed by atoms with Crippen LogP contribution in [-0.4, -0.2) is 60.3 Å². The molecule has 4 rings (SSSR count). The van der Waals surface area contributed by atoms with Crippen LogP contribution in [0.2, 0.25) is 5.02 Å². The Hall–Kier alpha value is -3.11. The average molecular weight is 494 g/mol. The van der Waals surface area contributed by atoms with Crippen molar-refractivity contribution in [2.24, 2.45) is 5.92 Å². The lowest BCUT2D eigenvalue weighted by atomic mass is 10.0. The van der Waals surface area contributed by atoms with E-state index >= 15 is 0 Å². The van der Waals surface area contributed by atoms with Crippen LogP contribution < -0.4 is 15.5 Å². The number of pyridine rings is 1. The Morgan fingerprint density at radius 3 is 2.79 bits per heavy atom. The Bertz CT molecular complexity index is 1230. The number of likely N-dealkylation sites (N-methyl/N-ethyl adjacent to an activating group) is 1. The van der Waals surface area contributed by atoms with E-state index < -0.39 is 34.3 Å². The highest BCUT2D eigenvalue weighted by Crippen LogP contribution is 2.53. The minimum atomic E-state index is -0.975. The summed E-state index contributed by atoms with van der Waals surface area (Å²) in [5.74, 6) is -2.63. The van der Waals surface area contributed by atoms with Crippen molar-refractivity contribution in [1.29, 1.82) is 0 Å². The largest absolute Gasteiger partial charge is 0.503 e. The number of carbonyl (C=O) groups excluding carboxylic acids is 2. The molecule has 9 nitrogen and oxygen atoms in total. The second-order valence-electron chi connectivity index (χ2n) is 8.53. The molecule has 1 aliphatic carbocycles. The number of benzene rings is 1. The van der Waals surface area contributed by atoms with Crippen molar-refractivity contribution in [1.82, 2.24) is 14.8 Å². The van der Waals surface area contributed by atoms with Crippen molar-refractivity contribution >= 4 is 23.4 Å². The van der Waals surface area contributed by atoms with Gasteiger partial charge in [0.05, 0.1) is 18.8 Å². The van der Waals surface area contributed by atoms with E-state index in [1.54, 1.807) is 21.1 Å². The molecule has 182 valence electrons. The van der Waals surface area contributed by atoms with Crippen LogP contribution in [0, 0.1) is 11.7 Å². The SMILES string of the molecule is CCOc1ccc(CNC(=O)c2cn3c(c(O)c2=O)C(=O)N(C)C[C@]32C[C@H]2COC)c(F)c1Cl. The van der Waals surface area contributed by atoms with Crippen molar-refractivity contribution in [2.75, 3.05) is 33.9 Å². The first-order valence-corrected chi connectivity index (χ1v) is 11.1. The lowest BCUT2D eigenvalue weighted by molar-refractivity contribution is 0.0664. The third kappa shape index (κ3) is 3.80. The van der Waals surface area contributed by atoms with Gasteiger partial charge in [0, 0.05) is 44.9 Å². The number of aromatic nitrogens is 1. The van der Waals surface area contributed by atoms with Gasteiger partial charge in [-0.05, 0) is 19.4 Å². The second-order valence-corrected chi connectivity index (χ2v) is 8.90. The minimum absolute atomic E-state index is 0.0460. The fraction of sp³-hybridized carbons (Fsp3) is 0.435. The summed E-state index contributed by atoms with van der Waals surface area (Å²) in [5.41, 5.74) is -1.96. The summed E-state index contributed by atoms with van der Waals surface area (Å²) in [4.78, 5) is 39.8. The molecule has 1 aromatic heterocycles. The molecule has 2 heterocycles. The number of aromatic hydroxyl groups is 1. The summed E-state index contributed by atoms with van der Waals surface area (Å²) in [5, 5.41) is 12.9. The summed E-state index contributed by atoms with van der Waals surface area (Å²) in [6.07, 6.45) is 1.96. The number of nitrogens with zero attached hydrogens (tertiary/aromatic N) is 2. The van der Waals surface area contributed by atoms with Gasteiger partial charge < -0.3 is 29.4 Å². The fourth-order valence-electron chi connectivity index (χ4n) is 4.58. The number of rotatable bonds is 7. The zero-order valence-corrected chi connectivity index (χ0v) is 19.7. The molecular weight excluding hydrogens is 469 g/mol. The molecule has 2 amide bonds. The third-order valence-corrected chi connectivity index (χ3v) is 6.75. The quantitative estimate of drug-likeness (QED) is 0.611. The van der Waals surface area contributed by atoms with Gasteiger partial charge in [-0.25, -0.2) is 4.39 Å². The highest BCUT2D eigenvalue weighted by atomic mass is 35.5. The number of methoxy groups -OCH3 is 1. The van der Waals surface area contributed by atoms with Gasteiger partial charge in [0.1, 0.15) is 16.3 Å². The van der Waals surface area contributed by atoms with Crippen molar-refractivity contribution in [3.05, 3.63) is 56.2 Å². The van der Waals surface area contributed by atoms with Gasteiger partial charge in [-0.2, -0.15) is 0 Å². The molecule has 1 spiro atoms. The van der Waals surface area contributed by atoms with Crippen LogP contribution in [0.3, 0.4) is 0 Å². The zero-order chi connectivity index (χ0) is 24.8. The number of carbonyl (C=O) groups is 2. The summed E-state index contributed by atoms with van der Waals surface area (Å²) in [6.45, 7) is 2.58. The van der Waals surface area contributed by atoms with Gasteiger partial charge in [0.2, 0.25) is 5.43 Å². The van der Waals surface area contributed by atoms with Crippen molar-refractivity contribution in [3.8, 4) is 11.5 Å². The lowest BCUT2D eigenvalue weighted by Crippen LogP contribution is -2.48. The number of fused-ring (bicyclic) bond motifs is 2.